The van der Waals surface area contributed by atoms with Crippen molar-refractivity contribution in [2.24, 2.45) is 0 Å². The Morgan fingerprint density at radius 3 is 1.12 bits per heavy atom. The maximum absolute atomic E-state index is 7.00. The van der Waals surface area contributed by atoms with Crippen molar-refractivity contribution >= 4 is 0 Å². The summed E-state index contributed by atoms with van der Waals surface area (Å²) in [6.45, 7) is 0. The number of aromatic amines is 2. The van der Waals surface area contributed by atoms with Gasteiger partial charge in [-0.1, -0.05) is 0 Å². The molecule has 9 nitrogen and oxygen atoms in total. The van der Waals surface area contributed by atoms with Crippen molar-refractivity contribution in [2.75, 3.05) is 0 Å². The third-order valence-electron chi connectivity index (χ3n) is 0.812. The molecule has 0 bridgehead atoms. The van der Waals surface area contributed by atoms with Crippen molar-refractivity contribution < 1.29 is 47.6 Å². The van der Waals surface area contributed by atoms with E-state index in [9.17, 15) is 0 Å². The van der Waals surface area contributed by atoms with Crippen molar-refractivity contribution in [2.45, 2.75) is 0 Å². The van der Waals surface area contributed by atoms with E-state index in [1.165, 1.54) is 0 Å². The molecular weight excluding hydrogens is 304 g/mol. The minimum absolute atomic E-state index is 0. The predicted molar refractivity (Wildman–Crippen MR) is 37.9 cm³/mol. The molecule has 0 amide bonds. The zero-order valence-corrected chi connectivity index (χ0v) is 9.81. The molecule has 2 N–H and O–H groups in total. The van der Waals surface area contributed by atoms with Crippen LogP contribution in [0.25, 0.3) is 0 Å². The van der Waals surface area contributed by atoms with Crippen LogP contribution in [0, 0.1) is 0 Å². The average molecular weight is 312 g/mol. The molecule has 2 heterocycles. The van der Waals surface area contributed by atoms with Gasteiger partial charge in [0.05, 0.1) is 0 Å². The van der Waals surface area contributed by atoms with Crippen LogP contribution in [0.3, 0.4) is 0 Å². The Bertz CT molecular complexity index is 168. The summed E-state index contributed by atoms with van der Waals surface area (Å²) in [5.74, 6) is 0. The molecule has 0 saturated heterocycles. The summed E-state index contributed by atoms with van der Waals surface area (Å²) in [5.41, 5.74) is 0. The maximum Gasteiger partial charge on any atom is 0.0487 e. The van der Waals surface area contributed by atoms with Crippen LogP contribution in [0.2, 0.25) is 0 Å². The summed E-state index contributed by atoms with van der Waals surface area (Å²) in [5, 5.41) is 40.4. The fraction of sp³-hybridized carbons (Fsp3) is 0. The summed E-state index contributed by atoms with van der Waals surface area (Å²) >= 11 is 0. The van der Waals surface area contributed by atoms with Gasteiger partial charge in [-0.25, -0.2) is 0 Å². The topological polar surface area (TPSA) is 178 Å². The Balaban J connectivity index is -0.0000000631. The number of aromatic nitrogens is 4. The second-order valence-corrected chi connectivity index (χ2v) is 1.53. The van der Waals surface area contributed by atoms with Crippen LogP contribution < -0.4 is 21.0 Å². The molecule has 0 spiro atoms. The third-order valence-corrected chi connectivity index (χ3v) is 0.812. The van der Waals surface area contributed by atoms with Gasteiger partial charge in [-0.05, 0) is 12.1 Å². The molecular formula is C6H8MoN4O5-6. The Hall–Kier alpha value is -1.09. The number of hydrogen-bond donors (Lipinski definition) is 2. The van der Waals surface area contributed by atoms with Crippen LogP contribution in [0.1, 0.15) is 0 Å². The average Bonchev–Trinajstić information content (AvgIpc) is 3.01. The van der Waals surface area contributed by atoms with Gasteiger partial charge >= 0.3 is 0 Å². The van der Waals surface area contributed by atoms with E-state index in [2.05, 4.69) is 20.4 Å². The van der Waals surface area contributed by atoms with E-state index in [0.29, 0.717) is 0 Å². The van der Waals surface area contributed by atoms with Crippen LogP contribution in [0.4, 0.5) is 0 Å². The van der Waals surface area contributed by atoms with E-state index >= 15 is 0 Å². The van der Waals surface area contributed by atoms with Crippen molar-refractivity contribution in [3.8, 4) is 0 Å². The summed E-state index contributed by atoms with van der Waals surface area (Å²) in [6, 6.07) is 3.67. The van der Waals surface area contributed by atoms with E-state index in [0.717, 1.165) is 0 Å². The summed E-state index contributed by atoms with van der Waals surface area (Å²) in [4.78, 5) is 0. The van der Waals surface area contributed by atoms with Crippen LogP contribution in [0.5, 0.6) is 0 Å². The molecule has 94 valence electrons. The molecule has 0 unspecified atom stereocenters. The first-order valence-electron chi connectivity index (χ1n) is 3.21. The van der Waals surface area contributed by atoms with E-state index in [-0.39, 0.29) is 26.5 Å². The minimum atomic E-state index is 0. The maximum atomic E-state index is 7.00. The molecule has 0 fully saturated rings. The molecule has 10 heteroatoms. The van der Waals surface area contributed by atoms with E-state index < -0.39 is 0 Å². The summed E-state index contributed by atoms with van der Waals surface area (Å²) < 4.78 is 0. The van der Waals surface area contributed by atoms with Gasteiger partial charge < -0.3 is 26.5 Å². The zero-order valence-electron chi connectivity index (χ0n) is 7.81. The minimum Gasteiger partial charge on any atom is -2.00 e. The third kappa shape index (κ3) is 23.1. The van der Waals surface area contributed by atoms with Gasteiger partial charge in [-0.2, -0.15) is 10.2 Å². The predicted octanol–water partition coefficient (Wildman–Crippen LogP) is -4.06. The first-order valence-corrected chi connectivity index (χ1v) is 3.21. The van der Waals surface area contributed by atoms with Gasteiger partial charge in [0.15, 0.2) is 0 Å². The van der Waals surface area contributed by atoms with E-state index in [4.69, 9.17) is 21.0 Å². The van der Waals surface area contributed by atoms with Crippen LogP contribution in [0.15, 0.2) is 36.9 Å². The van der Waals surface area contributed by atoms with Gasteiger partial charge in [-0.15, -0.1) is 0 Å². The van der Waals surface area contributed by atoms with Crippen molar-refractivity contribution in [1.29, 1.82) is 0 Å². The largest absolute Gasteiger partial charge is 2.00 e. The normalized spacial score (nSPS) is 5.75. The molecule has 0 atom stereocenters. The number of nitrogens with one attached hydrogen (secondary N) is 2. The molecule has 2 aromatic rings. The SMILES string of the molecule is [Mo].[O-2].[O-][O-].[O-][O-].c1cn[nH]c1.c1cn[nH]c1. The van der Waals surface area contributed by atoms with E-state index in [1.54, 1.807) is 24.8 Å². The molecule has 0 aliphatic carbocycles. The van der Waals surface area contributed by atoms with Gasteiger partial charge in [0.25, 0.3) is 0 Å². The summed E-state index contributed by atoms with van der Waals surface area (Å²) in [6.07, 6.45) is 6.92. The van der Waals surface area contributed by atoms with Crippen LogP contribution in [-0.2, 0) is 26.5 Å². The Morgan fingerprint density at radius 2 is 1.06 bits per heavy atom. The Kier molecular flexibility index (Phi) is 44.2. The van der Waals surface area contributed by atoms with Crippen molar-refractivity contribution in [1.82, 2.24) is 20.4 Å². The Morgan fingerprint density at radius 1 is 0.750 bits per heavy atom. The molecule has 2 rings (SSSR count). The molecule has 0 radical (unpaired) electrons. The monoisotopic (exact) mass is 314 g/mol. The number of nitrogens with zero attached hydrogens (tertiary/aromatic N) is 2. The second kappa shape index (κ2) is 29.2. The molecule has 0 aromatic carbocycles. The van der Waals surface area contributed by atoms with Crippen LogP contribution in [-0.4, -0.2) is 20.4 Å². The first kappa shape index (κ1) is 24.2. The van der Waals surface area contributed by atoms with Gasteiger partial charge in [0, 0.05) is 45.9 Å². The van der Waals surface area contributed by atoms with Crippen molar-refractivity contribution in [3.63, 3.8) is 0 Å². The van der Waals surface area contributed by atoms with Crippen LogP contribution >= 0.6 is 0 Å². The fourth-order valence-electron chi connectivity index (χ4n) is 0.430. The molecule has 0 aliphatic rings. The standard InChI is InChI=1S/2C3H4N2.Mo.2O2.O/c2*1-2-4-5-3-1;;2*1-2;/h2*1-3H,(H,4,5);;;;/q;;;3*-2. The molecule has 2 aromatic heterocycles. The van der Waals surface area contributed by atoms with Gasteiger partial charge in [-0.3, -0.25) is 10.2 Å². The first-order chi connectivity index (χ1) is 7.00. The number of hydrogen-bond acceptors (Lipinski definition) is 6. The quantitative estimate of drug-likeness (QED) is 0.284. The van der Waals surface area contributed by atoms with Gasteiger partial charge in [0.1, 0.15) is 0 Å². The van der Waals surface area contributed by atoms with E-state index in [1.807, 2.05) is 12.1 Å². The molecule has 16 heavy (non-hydrogen) atoms. The zero-order chi connectivity index (χ0) is 11.1. The fourth-order valence-corrected chi connectivity index (χ4v) is 0.430. The van der Waals surface area contributed by atoms with Crippen molar-refractivity contribution in [3.05, 3.63) is 36.9 Å². The molecule has 0 saturated carbocycles. The summed E-state index contributed by atoms with van der Waals surface area (Å²) in [7, 11) is 0. The number of H-pyrrole nitrogens is 2. The van der Waals surface area contributed by atoms with Gasteiger partial charge in [0.2, 0.25) is 0 Å². The second-order valence-electron chi connectivity index (χ2n) is 1.53. The smallest absolute Gasteiger partial charge is 0.0487 e. The molecule has 0 aliphatic heterocycles. The number of rotatable bonds is 0. The Labute approximate surface area is 105 Å².